The van der Waals surface area contributed by atoms with Crippen LogP contribution in [0.25, 0.3) is 5.00 Å². The Bertz CT molecular complexity index is 788. The van der Waals surface area contributed by atoms with Gasteiger partial charge in [0.1, 0.15) is 16.9 Å². The van der Waals surface area contributed by atoms with E-state index in [9.17, 15) is 4.79 Å². The van der Waals surface area contributed by atoms with Crippen LogP contribution in [0.1, 0.15) is 59.9 Å². The first-order chi connectivity index (χ1) is 10.9. The summed E-state index contributed by atoms with van der Waals surface area (Å²) in [5, 5.41) is 9.55. The molecule has 2 aromatic heterocycles. The third-order valence-electron chi connectivity index (χ3n) is 4.06. The highest BCUT2D eigenvalue weighted by Crippen LogP contribution is 2.39. The second kappa shape index (κ2) is 5.88. The van der Waals surface area contributed by atoms with Crippen LogP contribution >= 0.6 is 11.3 Å². The predicted molar refractivity (Wildman–Crippen MR) is 89.8 cm³/mol. The van der Waals surface area contributed by atoms with E-state index in [0.717, 1.165) is 16.4 Å². The van der Waals surface area contributed by atoms with E-state index in [4.69, 9.17) is 4.74 Å². The maximum absolute atomic E-state index is 11.7. The lowest BCUT2D eigenvalue weighted by Gasteiger charge is -2.10. The van der Waals surface area contributed by atoms with Gasteiger partial charge in [-0.3, -0.25) is 14.4 Å². The number of aryl methyl sites for hydroxylation is 1. The molecule has 0 N–H and O–H groups in total. The average Bonchev–Trinajstić information content (AvgIpc) is 2.99. The average molecular weight is 332 g/mol. The maximum Gasteiger partial charge on any atom is 0.308 e. The zero-order valence-corrected chi connectivity index (χ0v) is 14.8. The minimum atomic E-state index is -0.370. The summed E-state index contributed by atoms with van der Waals surface area (Å²) in [4.78, 5) is 17.6. The highest BCUT2D eigenvalue weighted by Gasteiger charge is 2.29. The molecule has 0 amide bonds. The Labute approximate surface area is 139 Å². The van der Waals surface area contributed by atoms with E-state index >= 15 is 0 Å². The van der Waals surface area contributed by atoms with Crippen LogP contribution in [-0.4, -0.2) is 34.1 Å². The Morgan fingerprint density at radius 1 is 1.39 bits per heavy atom. The van der Waals surface area contributed by atoms with Crippen molar-refractivity contribution >= 4 is 23.5 Å². The molecule has 3 heterocycles. The van der Waals surface area contributed by atoms with Gasteiger partial charge in [0.15, 0.2) is 5.82 Å². The van der Waals surface area contributed by atoms with E-state index in [-0.39, 0.29) is 18.4 Å². The number of hydrogen-bond donors (Lipinski definition) is 0. The van der Waals surface area contributed by atoms with Crippen molar-refractivity contribution in [2.75, 3.05) is 7.11 Å². The van der Waals surface area contributed by atoms with E-state index in [1.807, 2.05) is 17.7 Å². The number of esters is 1. The number of carbonyl (C=O) groups is 1. The van der Waals surface area contributed by atoms with Crippen molar-refractivity contribution in [1.82, 2.24) is 14.8 Å². The van der Waals surface area contributed by atoms with Gasteiger partial charge in [-0.15, -0.1) is 21.5 Å². The molecule has 2 aromatic rings. The summed E-state index contributed by atoms with van der Waals surface area (Å²) in [6.45, 7) is 8.42. The first-order valence-corrected chi connectivity index (χ1v) is 8.41. The van der Waals surface area contributed by atoms with Gasteiger partial charge < -0.3 is 4.74 Å². The van der Waals surface area contributed by atoms with Crippen molar-refractivity contribution in [3.8, 4) is 5.00 Å². The zero-order chi connectivity index (χ0) is 16.7. The third kappa shape index (κ3) is 2.59. The standard InChI is InChI=1S/C16H20N4O2S/c1-8(2)14-9(3)11-7-17-12(6-13(21)22-5)15-19-18-10(4)20(15)16(11)23-14/h7-8,12H,6H2,1-5H3/t12-/m0/s1. The topological polar surface area (TPSA) is 69.4 Å². The fourth-order valence-corrected chi connectivity index (χ4v) is 4.20. The molecule has 3 rings (SSSR count). The third-order valence-corrected chi connectivity index (χ3v) is 5.65. The Hall–Kier alpha value is -2.02. The van der Waals surface area contributed by atoms with Gasteiger partial charge in [-0.05, 0) is 25.3 Å². The van der Waals surface area contributed by atoms with Crippen LogP contribution in [0.15, 0.2) is 4.99 Å². The number of aromatic nitrogens is 3. The molecule has 23 heavy (non-hydrogen) atoms. The molecule has 0 aliphatic carbocycles. The second-order valence-corrected chi connectivity index (χ2v) is 7.01. The van der Waals surface area contributed by atoms with E-state index in [0.29, 0.717) is 11.7 Å². The summed E-state index contributed by atoms with van der Waals surface area (Å²) in [6.07, 6.45) is 2.03. The van der Waals surface area contributed by atoms with Gasteiger partial charge in [-0.1, -0.05) is 13.8 Å². The number of ether oxygens (including phenoxy) is 1. The van der Waals surface area contributed by atoms with Gasteiger partial charge in [0.25, 0.3) is 0 Å². The number of carbonyl (C=O) groups excluding carboxylic acids is 1. The quantitative estimate of drug-likeness (QED) is 0.810. The minimum Gasteiger partial charge on any atom is -0.469 e. The molecule has 1 atom stereocenters. The van der Waals surface area contributed by atoms with Gasteiger partial charge in [0.2, 0.25) is 0 Å². The number of methoxy groups -OCH3 is 1. The maximum atomic E-state index is 11.7. The van der Waals surface area contributed by atoms with Crippen LogP contribution in [0.4, 0.5) is 0 Å². The van der Waals surface area contributed by atoms with Crippen LogP contribution in [-0.2, 0) is 9.53 Å². The van der Waals surface area contributed by atoms with E-state index in [1.54, 1.807) is 11.3 Å². The second-order valence-electron chi connectivity index (χ2n) is 5.98. The monoisotopic (exact) mass is 332 g/mol. The predicted octanol–water partition coefficient (Wildman–Crippen LogP) is 3.11. The Morgan fingerprint density at radius 2 is 2.13 bits per heavy atom. The van der Waals surface area contributed by atoms with Crippen molar-refractivity contribution in [1.29, 1.82) is 0 Å². The Balaban J connectivity index is 2.17. The van der Waals surface area contributed by atoms with Gasteiger partial charge in [-0.2, -0.15) is 0 Å². The smallest absolute Gasteiger partial charge is 0.308 e. The number of nitrogens with zero attached hydrogens (tertiary/aromatic N) is 4. The lowest BCUT2D eigenvalue weighted by atomic mass is 10.1. The SMILES string of the molecule is COC(=O)C[C@@H]1N=Cc2c(sc(C(C)C)c2C)-n2c(C)nnc21. The summed E-state index contributed by atoms with van der Waals surface area (Å²) >= 11 is 1.75. The largest absolute Gasteiger partial charge is 0.469 e. The molecule has 0 saturated carbocycles. The molecular weight excluding hydrogens is 312 g/mol. The summed E-state index contributed by atoms with van der Waals surface area (Å²) < 4.78 is 6.81. The van der Waals surface area contributed by atoms with Crippen LogP contribution in [0, 0.1) is 13.8 Å². The number of aliphatic imine (C=N–C) groups is 1. The normalized spacial score (nSPS) is 16.2. The van der Waals surface area contributed by atoms with Crippen molar-refractivity contribution in [3.05, 3.63) is 27.7 Å². The van der Waals surface area contributed by atoms with E-state index in [1.165, 1.54) is 17.6 Å². The minimum absolute atomic E-state index is 0.163. The Morgan fingerprint density at radius 3 is 2.78 bits per heavy atom. The first kappa shape index (κ1) is 15.9. The summed E-state index contributed by atoms with van der Waals surface area (Å²) in [5.74, 6) is 1.65. The Kier molecular flexibility index (Phi) is 4.06. The van der Waals surface area contributed by atoms with E-state index < -0.39 is 0 Å². The van der Waals surface area contributed by atoms with Gasteiger partial charge in [-0.25, -0.2) is 0 Å². The van der Waals surface area contributed by atoms with Crippen LogP contribution < -0.4 is 0 Å². The molecule has 122 valence electrons. The fourth-order valence-electron chi connectivity index (χ4n) is 2.86. The summed E-state index contributed by atoms with van der Waals surface area (Å²) in [5.41, 5.74) is 2.33. The fraction of sp³-hybridized carbons (Fsp3) is 0.500. The molecule has 0 unspecified atom stereocenters. The molecule has 0 saturated heterocycles. The van der Waals surface area contributed by atoms with Gasteiger partial charge >= 0.3 is 5.97 Å². The van der Waals surface area contributed by atoms with Gasteiger partial charge in [0, 0.05) is 16.7 Å². The van der Waals surface area contributed by atoms with Gasteiger partial charge in [0.05, 0.1) is 13.5 Å². The number of hydrogen-bond acceptors (Lipinski definition) is 6. The number of thiophene rings is 1. The van der Waals surface area contributed by atoms with Crippen molar-refractivity contribution in [3.63, 3.8) is 0 Å². The van der Waals surface area contributed by atoms with Crippen LogP contribution in [0.2, 0.25) is 0 Å². The zero-order valence-electron chi connectivity index (χ0n) is 14.0. The lowest BCUT2D eigenvalue weighted by Crippen LogP contribution is -2.11. The molecule has 0 fully saturated rings. The highest BCUT2D eigenvalue weighted by atomic mass is 32.1. The van der Waals surface area contributed by atoms with E-state index in [2.05, 4.69) is 36.0 Å². The molecule has 0 aromatic carbocycles. The first-order valence-electron chi connectivity index (χ1n) is 7.59. The van der Waals surface area contributed by atoms with Crippen LogP contribution in [0.5, 0.6) is 0 Å². The molecular formula is C16H20N4O2S. The number of fused-ring (bicyclic) bond motifs is 3. The number of rotatable bonds is 3. The van der Waals surface area contributed by atoms with Crippen molar-refractivity contribution in [2.24, 2.45) is 4.99 Å². The molecule has 0 bridgehead atoms. The molecule has 7 heteroatoms. The molecule has 0 spiro atoms. The molecule has 1 aliphatic rings. The molecule has 6 nitrogen and oxygen atoms in total. The lowest BCUT2D eigenvalue weighted by molar-refractivity contribution is -0.141. The van der Waals surface area contributed by atoms with Crippen LogP contribution in [0.3, 0.4) is 0 Å². The van der Waals surface area contributed by atoms with Crippen molar-refractivity contribution < 1.29 is 9.53 Å². The summed E-state index contributed by atoms with van der Waals surface area (Å²) in [6, 6.07) is -0.370. The van der Waals surface area contributed by atoms with Crippen molar-refractivity contribution in [2.45, 2.75) is 46.1 Å². The molecule has 1 aliphatic heterocycles. The summed E-state index contributed by atoms with van der Waals surface area (Å²) in [7, 11) is 1.38. The molecule has 0 radical (unpaired) electrons. The highest BCUT2D eigenvalue weighted by molar-refractivity contribution is 7.15.